The molecule has 0 saturated heterocycles. The molecule has 208 valence electrons. The van der Waals surface area contributed by atoms with E-state index in [1.165, 1.54) is 6.92 Å². The topological polar surface area (TPSA) is 167 Å². The van der Waals surface area contributed by atoms with E-state index in [4.69, 9.17) is 10.6 Å². The molecule has 39 heavy (non-hydrogen) atoms. The fourth-order valence-corrected chi connectivity index (χ4v) is 4.02. The van der Waals surface area contributed by atoms with Gasteiger partial charge in [0.05, 0.1) is 0 Å². The molecule has 11 nitrogen and oxygen atoms in total. The van der Waals surface area contributed by atoms with Crippen molar-refractivity contribution in [2.75, 3.05) is 0 Å². The highest BCUT2D eigenvalue weighted by Gasteiger charge is 2.29. The van der Waals surface area contributed by atoms with Gasteiger partial charge in [0.25, 0.3) is 5.91 Å². The molecule has 0 fully saturated rings. The lowest BCUT2D eigenvalue weighted by molar-refractivity contribution is -0.132. The van der Waals surface area contributed by atoms with Gasteiger partial charge >= 0.3 is 6.09 Å². The van der Waals surface area contributed by atoms with Crippen LogP contribution in [0.1, 0.15) is 38.8 Å². The summed E-state index contributed by atoms with van der Waals surface area (Å²) in [5.74, 6) is 3.62. The molecule has 0 radical (unpaired) electrons. The molecular formula is C28H36N6O5. The summed E-state index contributed by atoms with van der Waals surface area (Å²) in [6.45, 7) is 6.64. The predicted molar refractivity (Wildman–Crippen MR) is 147 cm³/mol. The predicted octanol–water partition coefficient (Wildman–Crippen LogP) is 1.83. The van der Waals surface area contributed by atoms with Gasteiger partial charge in [0.1, 0.15) is 23.7 Å². The van der Waals surface area contributed by atoms with Crippen LogP contribution in [0.2, 0.25) is 0 Å². The SMILES string of the molecule is C[C@@H](NC(=O)[C@H](Cc1ccccc1)NC(=O)OC(C)(C)C)C(=O)N[C@@H](Cc1c[nH]c2ccccc12)C(=O)NN. The number of benzene rings is 2. The lowest BCUT2D eigenvalue weighted by Gasteiger charge is -2.25. The number of aromatic amines is 1. The lowest BCUT2D eigenvalue weighted by atomic mass is 10.0. The van der Waals surface area contributed by atoms with Crippen molar-refractivity contribution in [1.82, 2.24) is 26.4 Å². The van der Waals surface area contributed by atoms with Crippen molar-refractivity contribution in [3.63, 3.8) is 0 Å². The Morgan fingerprint density at radius 2 is 1.49 bits per heavy atom. The van der Waals surface area contributed by atoms with Crippen molar-refractivity contribution in [3.05, 3.63) is 71.9 Å². The van der Waals surface area contributed by atoms with Crippen LogP contribution >= 0.6 is 0 Å². The van der Waals surface area contributed by atoms with Gasteiger partial charge in [-0.2, -0.15) is 0 Å². The van der Waals surface area contributed by atoms with Crippen LogP contribution in [0, 0.1) is 0 Å². The van der Waals surface area contributed by atoms with E-state index in [1.54, 1.807) is 27.0 Å². The van der Waals surface area contributed by atoms with Crippen molar-refractivity contribution >= 4 is 34.7 Å². The second-order valence-corrected chi connectivity index (χ2v) is 10.3. The van der Waals surface area contributed by atoms with Crippen LogP contribution in [0.4, 0.5) is 4.79 Å². The fraction of sp³-hybridized carbons (Fsp3) is 0.357. The molecule has 0 aliphatic heterocycles. The summed E-state index contributed by atoms with van der Waals surface area (Å²) in [6, 6.07) is 13.7. The average Bonchev–Trinajstić information content (AvgIpc) is 3.29. The number of para-hydroxylation sites is 1. The normalized spacial score (nSPS) is 13.6. The summed E-state index contributed by atoms with van der Waals surface area (Å²) in [7, 11) is 0. The average molecular weight is 537 g/mol. The summed E-state index contributed by atoms with van der Waals surface area (Å²) in [6.07, 6.45) is 1.37. The Morgan fingerprint density at radius 3 is 2.15 bits per heavy atom. The van der Waals surface area contributed by atoms with Crippen LogP contribution < -0.4 is 27.2 Å². The molecule has 0 unspecified atom stereocenters. The van der Waals surface area contributed by atoms with Crippen molar-refractivity contribution in [3.8, 4) is 0 Å². The first-order valence-electron chi connectivity index (χ1n) is 12.7. The number of H-pyrrole nitrogens is 1. The molecule has 3 atom stereocenters. The molecule has 1 heterocycles. The number of amides is 4. The number of hydrazine groups is 1. The number of fused-ring (bicyclic) bond motifs is 1. The third kappa shape index (κ3) is 8.57. The van der Waals surface area contributed by atoms with Crippen molar-refractivity contribution in [2.45, 2.75) is 64.3 Å². The smallest absolute Gasteiger partial charge is 0.408 e. The van der Waals surface area contributed by atoms with Gasteiger partial charge in [-0.25, -0.2) is 10.6 Å². The molecule has 0 spiro atoms. The maximum absolute atomic E-state index is 13.2. The zero-order valence-corrected chi connectivity index (χ0v) is 22.5. The Hall–Kier alpha value is -4.38. The molecule has 0 saturated carbocycles. The van der Waals surface area contributed by atoms with Gasteiger partial charge in [0, 0.05) is 29.9 Å². The van der Waals surface area contributed by atoms with E-state index in [1.807, 2.05) is 54.6 Å². The second kappa shape index (κ2) is 12.9. The third-order valence-corrected chi connectivity index (χ3v) is 5.92. The zero-order valence-electron chi connectivity index (χ0n) is 22.5. The number of alkyl carbamates (subject to hydrolysis) is 1. The van der Waals surface area contributed by atoms with Gasteiger partial charge < -0.3 is 25.7 Å². The summed E-state index contributed by atoms with van der Waals surface area (Å²) in [4.78, 5) is 54.3. The zero-order chi connectivity index (χ0) is 28.6. The van der Waals surface area contributed by atoms with Gasteiger partial charge in [-0.1, -0.05) is 48.5 Å². The number of aromatic nitrogens is 1. The van der Waals surface area contributed by atoms with Crippen LogP contribution in [0.25, 0.3) is 10.9 Å². The molecule has 11 heteroatoms. The monoisotopic (exact) mass is 536 g/mol. The van der Waals surface area contributed by atoms with Gasteiger partial charge in [0.2, 0.25) is 11.8 Å². The van der Waals surface area contributed by atoms with Gasteiger partial charge in [-0.05, 0) is 44.9 Å². The minimum atomic E-state index is -1.02. The van der Waals surface area contributed by atoms with Crippen molar-refractivity contribution < 1.29 is 23.9 Å². The van der Waals surface area contributed by atoms with E-state index in [2.05, 4.69) is 26.4 Å². The number of hydrogen-bond donors (Lipinski definition) is 6. The Bertz CT molecular complexity index is 1300. The van der Waals surface area contributed by atoms with Crippen LogP contribution in [0.5, 0.6) is 0 Å². The van der Waals surface area contributed by atoms with Crippen LogP contribution in [-0.4, -0.2) is 52.5 Å². The van der Waals surface area contributed by atoms with E-state index >= 15 is 0 Å². The first-order chi connectivity index (χ1) is 18.5. The molecule has 0 aliphatic rings. The number of carbonyl (C=O) groups is 4. The highest BCUT2D eigenvalue weighted by Crippen LogP contribution is 2.19. The second-order valence-electron chi connectivity index (χ2n) is 10.3. The highest BCUT2D eigenvalue weighted by molar-refractivity contribution is 5.94. The number of ether oxygens (including phenoxy) is 1. The molecule has 0 bridgehead atoms. The third-order valence-electron chi connectivity index (χ3n) is 5.92. The number of rotatable bonds is 10. The quantitative estimate of drug-likeness (QED) is 0.131. The van der Waals surface area contributed by atoms with Gasteiger partial charge in [-0.15, -0.1) is 0 Å². The minimum absolute atomic E-state index is 0.177. The maximum atomic E-state index is 13.2. The van der Waals surface area contributed by atoms with E-state index in [0.29, 0.717) is 0 Å². The summed E-state index contributed by atoms with van der Waals surface area (Å²) >= 11 is 0. The van der Waals surface area contributed by atoms with Crippen molar-refractivity contribution in [2.24, 2.45) is 5.84 Å². The van der Waals surface area contributed by atoms with E-state index < -0.39 is 47.5 Å². The Balaban J connectivity index is 1.69. The summed E-state index contributed by atoms with van der Waals surface area (Å²) in [5, 5.41) is 8.80. The summed E-state index contributed by atoms with van der Waals surface area (Å²) in [5.41, 5.74) is 3.85. The van der Waals surface area contributed by atoms with E-state index in [0.717, 1.165) is 22.0 Å². The molecule has 3 rings (SSSR count). The lowest BCUT2D eigenvalue weighted by Crippen LogP contribution is -2.57. The Labute approximate surface area is 227 Å². The van der Waals surface area contributed by atoms with Crippen LogP contribution in [-0.2, 0) is 32.0 Å². The Kier molecular flexibility index (Phi) is 9.67. The maximum Gasteiger partial charge on any atom is 0.408 e. The van der Waals surface area contributed by atoms with Crippen LogP contribution in [0.15, 0.2) is 60.8 Å². The molecular weight excluding hydrogens is 500 g/mol. The van der Waals surface area contributed by atoms with E-state index in [9.17, 15) is 19.2 Å². The van der Waals surface area contributed by atoms with Gasteiger partial charge in [0.15, 0.2) is 0 Å². The fourth-order valence-electron chi connectivity index (χ4n) is 4.02. The molecule has 7 N–H and O–H groups in total. The highest BCUT2D eigenvalue weighted by atomic mass is 16.6. The Morgan fingerprint density at radius 1 is 0.846 bits per heavy atom. The van der Waals surface area contributed by atoms with Crippen LogP contribution in [0.3, 0.4) is 0 Å². The number of nitrogens with two attached hydrogens (primary N) is 1. The van der Waals surface area contributed by atoms with Gasteiger partial charge in [-0.3, -0.25) is 19.8 Å². The molecule has 4 amide bonds. The molecule has 1 aromatic heterocycles. The summed E-state index contributed by atoms with van der Waals surface area (Å²) < 4.78 is 5.31. The standard InChI is InChI=1S/C28H36N6O5/c1-17(24(35)32-23(26(37)34-29)15-19-16-30-21-13-9-8-12-20(19)21)31-25(36)22(14-18-10-6-5-7-11-18)33-27(38)39-28(2,3)4/h5-13,16-17,22-23,30H,14-15,29H2,1-4H3,(H,31,36)(H,32,35)(H,33,38)(H,34,37)/t17-,22+,23+/m1/s1. The van der Waals surface area contributed by atoms with Crippen molar-refractivity contribution in [1.29, 1.82) is 0 Å². The largest absolute Gasteiger partial charge is 0.444 e. The first kappa shape index (κ1) is 29.2. The molecule has 3 aromatic rings. The number of nitrogens with one attached hydrogen (secondary N) is 5. The molecule has 2 aromatic carbocycles. The molecule has 0 aliphatic carbocycles. The van der Waals surface area contributed by atoms with E-state index in [-0.39, 0.29) is 12.8 Å². The first-order valence-corrected chi connectivity index (χ1v) is 12.7. The minimum Gasteiger partial charge on any atom is -0.444 e. The number of hydrogen-bond acceptors (Lipinski definition) is 6. The number of carbonyl (C=O) groups excluding carboxylic acids is 4.